The summed E-state index contributed by atoms with van der Waals surface area (Å²) in [4.78, 5) is 7.06. The van der Waals surface area contributed by atoms with Crippen LogP contribution in [0.3, 0.4) is 0 Å². The predicted octanol–water partition coefficient (Wildman–Crippen LogP) is 2.74. The minimum atomic E-state index is 0.202. The summed E-state index contributed by atoms with van der Waals surface area (Å²) < 4.78 is 6.02. The van der Waals surface area contributed by atoms with E-state index in [0.29, 0.717) is 18.1 Å². The normalized spacial score (nSPS) is 41.6. The second kappa shape index (κ2) is 6.03. The van der Waals surface area contributed by atoms with E-state index >= 15 is 0 Å². The van der Waals surface area contributed by atoms with Crippen molar-refractivity contribution in [3.63, 3.8) is 0 Å². The van der Waals surface area contributed by atoms with Gasteiger partial charge in [-0.05, 0) is 31.1 Å². The molecule has 0 spiro atoms. The van der Waals surface area contributed by atoms with E-state index in [9.17, 15) is 0 Å². The molecule has 1 N–H and O–H groups in total. The fourth-order valence-corrected chi connectivity index (χ4v) is 5.09. The second-order valence-electron chi connectivity index (χ2n) is 8.44. The summed E-state index contributed by atoms with van der Waals surface area (Å²) in [5.41, 5.74) is 0.202. The van der Waals surface area contributed by atoms with Crippen molar-refractivity contribution >= 4 is 5.96 Å². The Balaban J connectivity index is 1.68. The third-order valence-corrected chi connectivity index (χ3v) is 6.00. The average Bonchev–Trinajstić information content (AvgIpc) is 2.47. The van der Waals surface area contributed by atoms with Crippen LogP contribution in [0.5, 0.6) is 0 Å². The molecule has 1 aliphatic carbocycles. The standard InChI is InChI=1S/C18H33N3O/c1-12-9-13(2)11-21(10-12)17(19-5)20-15-14-7-6-8-22-16(14)18(15,3)4/h12-16H,6-11H2,1-5H3,(H,19,20). The Bertz CT molecular complexity index is 424. The summed E-state index contributed by atoms with van der Waals surface area (Å²) in [6, 6.07) is 0.490. The van der Waals surface area contributed by atoms with E-state index in [0.717, 1.165) is 37.5 Å². The number of hydrogen-bond acceptors (Lipinski definition) is 2. The molecule has 1 saturated carbocycles. The molecule has 0 aromatic rings. The number of nitrogens with one attached hydrogen (secondary N) is 1. The Morgan fingerprint density at radius 2 is 1.91 bits per heavy atom. The lowest BCUT2D eigenvalue weighted by Crippen LogP contribution is -2.71. The fraction of sp³-hybridized carbons (Fsp3) is 0.944. The van der Waals surface area contributed by atoms with Crippen LogP contribution in [-0.4, -0.2) is 49.7 Å². The summed E-state index contributed by atoms with van der Waals surface area (Å²) in [6.07, 6.45) is 4.25. The monoisotopic (exact) mass is 307 g/mol. The Morgan fingerprint density at radius 1 is 1.23 bits per heavy atom. The Labute approximate surface area is 135 Å². The molecule has 5 atom stereocenters. The molecule has 4 nitrogen and oxygen atoms in total. The van der Waals surface area contributed by atoms with Crippen molar-refractivity contribution in [1.82, 2.24) is 10.2 Å². The summed E-state index contributed by atoms with van der Waals surface area (Å²) in [5, 5.41) is 3.80. The van der Waals surface area contributed by atoms with Gasteiger partial charge in [0.1, 0.15) is 0 Å². The zero-order valence-electron chi connectivity index (χ0n) is 14.9. The van der Waals surface area contributed by atoms with Gasteiger partial charge in [0.2, 0.25) is 0 Å². The van der Waals surface area contributed by atoms with E-state index in [-0.39, 0.29) is 5.41 Å². The van der Waals surface area contributed by atoms with E-state index in [2.05, 4.69) is 42.9 Å². The van der Waals surface area contributed by atoms with Gasteiger partial charge in [-0.2, -0.15) is 0 Å². The largest absolute Gasteiger partial charge is 0.377 e. The molecule has 0 aromatic carbocycles. The fourth-order valence-electron chi connectivity index (χ4n) is 5.09. The van der Waals surface area contributed by atoms with Crippen LogP contribution in [0.15, 0.2) is 4.99 Å². The maximum Gasteiger partial charge on any atom is 0.193 e. The third-order valence-electron chi connectivity index (χ3n) is 6.00. The first-order chi connectivity index (χ1) is 10.4. The minimum Gasteiger partial charge on any atom is -0.377 e. The van der Waals surface area contributed by atoms with Gasteiger partial charge in [-0.1, -0.05) is 27.7 Å². The molecule has 3 rings (SSSR count). The van der Waals surface area contributed by atoms with Gasteiger partial charge in [0, 0.05) is 44.1 Å². The lowest BCUT2D eigenvalue weighted by Gasteiger charge is -2.60. The molecule has 0 amide bonds. The molecular weight excluding hydrogens is 274 g/mol. The van der Waals surface area contributed by atoms with Crippen LogP contribution in [-0.2, 0) is 4.74 Å². The van der Waals surface area contributed by atoms with Crippen LogP contribution in [0.25, 0.3) is 0 Å². The highest BCUT2D eigenvalue weighted by atomic mass is 16.5. The van der Waals surface area contributed by atoms with E-state index in [1.807, 2.05) is 7.05 Å². The van der Waals surface area contributed by atoms with Crippen molar-refractivity contribution in [3.8, 4) is 0 Å². The molecule has 0 bridgehead atoms. The van der Waals surface area contributed by atoms with Crippen molar-refractivity contribution in [3.05, 3.63) is 0 Å². The lowest BCUT2D eigenvalue weighted by atomic mass is 9.55. The molecule has 3 fully saturated rings. The van der Waals surface area contributed by atoms with Gasteiger partial charge in [-0.3, -0.25) is 4.99 Å². The van der Waals surface area contributed by atoms with E-state index in [1.54, 1.807) is 0 Å². The van der Waals surface area contributed by atoms with Crippen molar-refractivity contribution < 1.29 is 4.74 Å². The van der Waals surface area contributed by atoms with Crippen molar-refractivity contribution in [2.45, 2.75) is 59.1 Å². The van der Waals surface area contributed by atoms with Gasteiger partial charge < -0.3 is 15.0 Å². The topological polar surface area (TPSA) is 36.9 Å². The van der Waals surface area contributed by atoms with Gasteiger partial charge >= 0.3 is 0 Å². The summed E-state index contributed by atoms with van der Waals surface area (Å²) in [7, 11) is 1.92. The molecular formula is C18H33N3O. The van der Waals surface area contributed by atoms with E-state index < -0.39 is 0 Å². The van der Waals surface area contributed by atoms with Crippen molar-refractivity contribution in [2.24, 2.45) is 28.2 Å². The number of hydrogen-bond donors (Lipinski definition) is 1. The van der Waals surface area contributed by atoms with Crippen LogP contribution in [0.2, 0.25) is 0 Å². The van der Waals surface area contributed by atoms with E-state index in [4.69, 9.17) is 4.74 Å². The second-order valence-corrected chi connectivity index (χ2v) is 8.44. The molecule has 5 unspecified atom stereocenters. The van der Waals surface area contributed by atoms with Crippen LogP contribution in [0, 0.1) is 23.2 Å². The maximum absolute atomic E-state index is 6.02. The van der Waals surface area contributed by atoms with E-state index in [1.165, 1.54) is 19.3 Å². The smallest absolute Gasteiger partial charge is 0.193 e. The zero-order chi connectivity index (χ0) is 15.9. The first kappa shape index (κ1) is 16.1. The molecule has 2 saturated heterocycles. The molecule has 0 aromatic heterocycles. The summed E-state index contributed by atoms with van der Waals surface area (Å²) in [6.45, 7) is 12.6. The highest BCUT2D eigenvalue weighted by Gasteiger charge is 2.58. The minimum absolute atomic E-state index is 0.202. The summed E-state index contributed by atoms with van der Waals surface area (Å²) >= 11 is 0. The highest BCUT2D eigenvalue weighted by molar-refractivity contribution is 5.80. The Morgan fingerprint density at radius 3 is 2.55 bits per heavy atom. The quantitative estimate of drug-likeness (QED) is 0.598. The molecule has 22 heavy (non-hydrogen) atoms. The van der Waals surface area contributed by atoms with Gasteiger partial charge in [0.25, 0.3) is 0 Å². The number of ether oxygens (including phenoxy) is 1. The zero-order valence-corrected chi connectivity index (χ0v) is 14.9. The Hall–Kier alpha value is -0.770. The average molecular weight is 307 g/mol. The first-order valence-electron chi connectivity index (χ1n) is 9.03. The molecule has 4 heteroatoms. The molecule has 2 aliphatic heterocycles. The number of likely N-dealkylation sites (tertiary alicyclic amines) is 1. The highest BCUT2D eigenvalue weighted by Crippen LogP contribution is 2.51. The third kappa shape index (κ3) is 2.75. The van der Waals surface area contributed by atoms with Crippen LogP contribution < -0.4 is 5.32 Å². The first-order valence-corrected chi connectivity index (χ1v) is 9.03. The molecule has 0 radical (unpaired) electrons. The molecule has 2 heterocycles. The van der Waals surface area contributed by atoms with Crippen molar-refractivity contribution in [2.75, 3.05) is 26.7 Å². The number of guanidine groups is 1. The van der Waals surface area contributed by atoms with Crippen LogP contribution in [0.1, 0.15) is 47.0 Å². The number of piperidine rings is 1. The number of rotatable bonds is 1. The SMILES string of the molecule is CN=C(NC1C2CCCOC2C1(C)C)N1CC(C)CC(C)C1. The van der Waals surface area contributed by atoms with Gasteiger partial charge in [0.15, 0.2) is 5.96 Å². The number of aliphatic imine (C=N–C) groups is 1. The van der Waals surface area contributed by atoms with Crippen LogP contribution in [0.4, 0.5) is 0 Å². The maximum atomic E-state index is 6.02. The Kier molecular flexibility index (Phi) is 4.41. The number of nitrogens with zero attached hydrogens (tertiary/aromatic N) is 2. The molecule has 3 aliphatic rings. The van der Waals surface area contributed by atoms with Gasteiger partial charge in [0.05, 0.1) is 6.10 Å². The van der Waals surface area contributed by atoms with Gasteiger partial charge in [-0.15, -0.1) is 0 Å². The molecule has 126 valence electrons. The predicted molar refractivity (Wildman–Crippen MR) is 91.0 cm³/mol. The summed E-state index contributed by atoms with van der Waals surface area (Å²) in [5.74, 6) is 3.26. The number of fused-ring (bicyclic) bond motifs is 1. The lowest BCUT2D eigenvalue weighted by molar-refractivity contribution is -0.188. The van der Waals surface area contributed by atoms with Crippen LogP contribution >= 0.6 is 0 Å². The van der Waals surface area contributed by atoms with Crippen molar-refractivity contribution in [1.29, 1.82) is 0 Å². The van der Waals surface area contributed by atoms with Gasteiger partial charge in [-0.25, -0.2) is 0 Å².